The lowest BCUT2D eigenvalue weighted by atomic mass is 10.2. The van der Waals surface area contributed by atoms with Crippen molar-refractivity contribution in [3.05, 3.63) is 0 Å². The molecule has 7 heteroatoms. The van der Waals surface area contributed by atoms with Gasteiger partial charge in [0, 0.05) is 19.6 Å². The van der Waals surface area contributed by atoms with Crippen molar-refractivity contribution in [3.63, 3.8) is 0 Å². The van der Waals surface area contributed by atoms with E-state index < -0.39 is 22.2 Å². The van der Waals surface area contributed by atoms with Crippen molar-refractivity contribution in [2.45, 2.75) is 45.6 Å². The second-order valence-electron chi connectivity index (χ2n) is 4.58. The number of hydrogen-bond acceptors (Lipinski definition) is 3. The van der Waals surface area contributed by atoms with Crippen molar-refractivity contribution in [3.8, 4) is 0 Å². The first-order valence-corrected chi connectivity index (χ1v) is 7.91. The van der Waals surface area contributed by atoms with E-state index in [0.717, 1.165) is 12.8 Å². The smallest absolute Gasteiger partial charge is 0.282 e. The summed E-state index contributed by atoms with van der Waals surface area (Å²) in [6, 6.07) is -0.675. The standard InChI is InChI=1S/C11H23N3O3S/c1-3-7-13(8-4-2)18(16,17)14-9-5-6-10(14)11(12)15/h10H,3-9H2,1-2H3,(H2,12,15)/t10-/m1/s1. The fourth-order valence-electron chi connectivity index (χ4n) is 2.29. The van der Waals surface area contributed by atoms with Gasteiger partial charge in [-0.3, -0.25) is 4.79 Å². The number of hydrogen-bond donors (Lipinski definition) is 1. The molecule has 1 aliphatic heterocycles. The molecule has 1 heterocycles. The highest BCUT2D eigenvalue weighted by atomic mass is 32.2. The highest BCUT2D eigenvalue weighted by Gasteiger charge is 2.40. The number of nitrogens with two attached hydrogens (primary N) is 1. The number of carbonyl (C=O) groups is 1. The molecule has 6 nitrogen and oxygen atoms in total. The van der Waals surface area contributed by atoms with Crippen LogP contribution in [0.5, 0.6) is 0 Å². The van der Waals surface area contributed by atoms with E-state index in [9.17, 15) is 13.2 Å². The lowest BCUT2D eigenvalue weighted by Gasteiger charge is -2.29. The van der Waals surface area contributed by atoms with E-state index in [0.29, 0.717) is 32.5 Å². The van der Waals surface area contributed by atoms with E-state index in [1.54, 1.807) is 0 Å². The molecule has 1 saturated heterocycles. The van der Waals surface area contributed by atoms with Crippen LogP contribution in [0.3, 0.4) is 0 Å². The van der Waals surface area contributed by atoms with E-state index >= 15 is 0 Å². The van der Waals surface area contributed by atoms with Crippen LogP contribution in [0.4, 0.5) is 0 Å². The summed E-state index contributed by atoms with van der Waals surface area (Å²) in [4.78, 5) is 11.3. The number of carbonyl (C=O) groups excluding carboxylic acids is 1. The zero-order valence-electron chi connectivity index (χ0n) is 11.1. The summed E-state index contributed by atoms with van der Waals surface area (Å²) in [7, 11) is -3.55. The molecule has 1 amide bonds. The summed E-state index contributed by atoms with van der Waals surface area (Å²) < 4.78 is 27.7. The van der Waals surface area contributed by atoms with Gasteiger partial charge in [-0.15, -0.1) is 0 Å². The molecule has 1 fully saturated rings. The zero-order valence-corrected chi connectivity index (χ0v) is 11.9. The minimum Gasteiger partial charge on any atom is -0.368 e. The second-order valence-corrected chi connectivity index (χ2v) is 6.46. The van der Waals surface area contributed by atoms with E-state index in [4.69, 9.17) is 5.73 Å². The van der Waals surface area contributed by atoms with Crippen molar-refractivity contribution in [1.29, 1.82) is 0 Å². The zero-order chi connectivity index (χ0) is 13.8. The van der Waals surface area contributed by atoms with Crippen LogP contribution in [0.25, 0.3) is 0 Å². The van der Waals surface area contributed by atoms with Crippen LogP contribution in [0, 0.1) is 0 Å². The summed E-state index contributed by atoms with van der Waals surface area (Å²) in [5, 5.41) is 0. The average Bonchev–Trinajstić information content (AvgIpc) is 2.78. The van der Waals surface area contributed by atoms with Crippen LogP contribution in [0.2, 0.25) is 0 Å². The van der Waals surface area contributed by atoms with Gasteiger partial charge < -0.3 is 5.73 Å². The van der Waals surface area contributed by atoms with Gasteiger partial charge in [-0.25, -0.2) is 0 Å². The maximum Gasteiger partial charge on any atom is 0.282 e. The Kier molecular flexibility index (Phi) is 5.55. The monoisotopic (exact) mass is 277 g/mol. The number of rotatable bonds is 7. The lowest BCUT2D eigenvalue weighted by molar-refractivity contribution is -0.121. The van der Waals surface area contributed by atoms with Gasteiger partial charge in [-0.05, 0) is 25.7 Å². The van der Waals surface area contributed by atoms with Crippen molar-refractivity contribution in [2.75, 3.05) is 19.6 Å². The van der Waals surface area contributed by atoms with Crippen LogP contribution in [-0.4, -0.2) is 48.6 Å². The molecule has 0 radical (unpaired) electrons. The molecule has 1 aliphatic rings. The molecular weight excluding hydrogens is 254 g/mol. The molecule has 0 aromatic rings. The fraction of sp³-hybridized carbons (Fsp3) is 0.909. The molecule has 0 unspecified atom stereocenters. The Morgan fingerprint density at radius 2 is 1.89 bits per heavy atom. The summed E-state index contributed by atoms with van der Waals surface area (Å²) in [5.74, 6) is -0.552. The Morgan fingerprint density at radius 3 is 2.33 bits per heavy atom. The van der Waals surface area contributed by atoms with Crippen molar-refractivity contribution >= 4 is 16.1 Å². The van der Waals surface area contributed by atoms with E-state index in [-0.39, 0.29) is 0 Å². The van der Waals surface area contributed by atoms with Gasteiger partial charge in [0.2, 0.25) is 5.91 Å². The van der Waals surface area contributed by atoms with Crippen LogP contribution >= 0.6 is 0 Å². The highest BCUT2D eigenvalue weighted by Crippen LogP contribution is 2.23. The topological polar surface area (TPSA) is 83.7 Å². The van der Waals surface area contributed by atoms with Crippen LogP contribution < -0.4 is 5.73 Å². The normalized spacial score (nSPS) is 21.6. The van der Waals surface area contributed by atoms with Crippen LogP contribution in [-0.2, 0) is 15.0 Å². The molecule has 0 aromatic heterocycles. The summed E-state index contributed by atoms with van der Waals surface area (Å²) in [6.45, 7) is 5.23. The van der Waals surface area contributed by atoms with Crippen molar-refractivity contribution < 1.29 is 13.2 Å². The van der Waals surface area contributed by atoms with Crippen molar-refractivity contribution in [1.82, 2.24) is 8.61 Å². The summed E-state index contributed by atoms with van der Waals surface area (Å²) >= 11 is 0. The molecule has 0 saturated carbocycles. The lowest BCUT2D eigenvalue weighted by Crippen LogP contribution is -2.50. The quantitative estimate of drug-likeness (QED) is 0.726. The van der Waals surface area contributed by atoms with E-state index in [1.807, 2.05) is 13.8 Å². The Bertz CT molecular complexity index is 377. The SMILES string of the molecule is CCCN(CCC)S(=O)(=O)N1CCC[C@@H]1C(N)=O. The van der Waals surface area contributed by atoms with Gasteiger partial charge in [-0.1, -0.05) is 13.8 Å². The number of nitrogens with zero attached hydrogens (tertiary/aromatic N) is 2. The fourth-order valence-corrected chi connectivity index (χ4v) is 4.30. The van der Waals surface area contributed by atoms with Gasteiger partial charge in [0.25, 0.3) is 10.2 Å². The minimum absolute atomic E-state index is 0.389. The van der Waals surface area contributed by atoms with Gasteiger partial charge in [-0.2, -0.15) is 17.0 Å². The minimum atomic E-state index is -3.55. The molecule has 106 valence electrons. The van der Waals surface area contributed by atoms with Crippen LogP contribution in [0.1, 0.15) is 39.5 Å². The maximum atomic E-state index is 12.5. The predicted octanol–water partition coefficient (Wildman–Crippen LogP) is 0.303. The largest absolute Gasteiger partial charge is 0.368 e. The molecule has 0 spiro atoms. The molecule has 1 atom stereocenters. The molecular formula is C11H23N3O3S. The number of amides is 1. The molecule has 1 rings (SSSR count). The number of primary amides is 1. The molecule has 0 aromatic carbocycles. The van der Waals surface area contributed by atoms with E-state index in [1.165, 1.54) is 8.61 Å². The predicted molar refractivity (Wildman–Crippen MR) is 70.0 cm³/mol. The van der Waals surface area contributed by atoms with E-state index in [2.05, 4.69) is 0 Å². The van der Waals surface area contributed by atoms with Gasteiger partial charge >= 0.3 is 0 Å². The molecule has 0 aliphatic carbocycles. The van der Waals surface area contributed by atoms with Crippen molar-refractivity contribution in [2.24, 2.45) is 5.73 Å². The summed E-state index contributed by atoms with van der Waals surface area (Å²) in [6.07, 6.45) is 2.74. The third-order valence-corrected chi connectivity index (χ3v) is 5.15. The first kappa shape index (κ1) is 15.4. The third kappa shape index (κ3) is 3.21. The molecule has 18 heavy (non-hydrogen) atoms. The molecule has 0 bridgehead atoms. The Hall–Kier alpha value is -0.660. The third-order valence-electron chi connectivity index (χ3n) is 3.10. The Balaban J connectivity index is 2.92. The highest BCUT2D eigenvalue weighted by molar-refractivity contribution is 7.86. The maximum absolute atomic E-state index is 12.5. The second kappa shape index (κ2) is 6.49. The average molecular weight is 277 g/mol. The first-order valence-electron chi connectivity index (χ1n) is 6.51. The Labute approximate surface area is 109 Å². The summed E-state index contributed by atoms with van der Waals surface area (Å²) in [5.41, 5.74) is 5.27. The van der Waals surface area contributed by atoms with Gasteiger partial charge in [0.05, 0.1) is 0 Å². The molecule has 2 N–H and O–H groups in total. The van der Waals surface area contributed by atoms with Gasteiger partial charge in [0.1, 0.15) is 6.04 Å². The van der Waals surface area contributed by atoms with Gasteiger partial charge in [0.15, 0.2) is 0 Å². The first-order chi connectivity index (χ1) is 8.45. The van der Waals surface area contributed by atoms with Crippen LogP contribution in [0.15, 0.2) is 0 Å². The Morgan fingerprint density at radius 1 is 1.33 bits per heavy atom.